The van der Waals surface area contributed by atoms with Crippen molar-refractivity contribution < 1.29 is 4.43 Å². The van der Waals surface area contributed by atoms with Crippen LogP contribution in [0.5, 0.6) is 0 Å². The lowest BCUT2D eigenvalue weighted by Crippen LogP contribution is -2.54. The molecular weight excluding hydrogens is 188 g/mol. The zero-order chi connectivity index (χ0) is 10.8. The second-order valence-corrected chi connectivity index (χ2v) is 9.41. The van der Waals surface area contributed by atoms with Crippen molar-refractivity contribution in [3.63, 3.8) is 0 Å². The van der Waals surface area contributed by atoms with Gasteiger partial charge in [-0.05, 0) is 16.8 Å². The first-order valence-electron chi connectivity index (χ1n) is 5.02. The Bertz CT molecular complexity index is 289. The van der Waals surface area contributed by atoms with E-state index < -0.39 is 8.32 Å². The third kappa shape index (κ3) is 1.91. The van der Waals surface area contributed by atoms with Gasteiger partial charge in [0.2, 0.25) is 8.32 Å². The van der Waals surface area contributed by atoms with Crippen LogP contribution in [0.1, 0.15) is 20.8 Å². The topological polar surface area (TPSA) is 9.23 Å². The van der Waals surface area contributed by atoms with Crippen LogP contribution in [0.3, 0.4) is 0 Å². The zero-order valence-electron chi connectivity index (χ0n) is 9.79. The predicted molar refractivity (Wildman–Crippen MR) is 64.4 cm³/mol. The molecule has 78 valence electrons. The fraction of sp³-hybridized carbons (Fsp3) is 0.500. The molecule has 0 aromatic heterocycles. The van der Waals surface area contributed by atoms with Crippen molar-refractivity contribution in [2.45, 2.75) is 32.4 Å². The van der Waals surface area contributed by atoms with E-state index in [4.69, 9.17) is 4.43 Å². The molecule has 1 nitrogen and oxygen atoms in total. The van der Waals surface area contributed by atoms with Gasteiger partial charge < -0.3 is 4.43 Å². The molecule has 1 rings (SSSR count). The molecule has 0 fully saturated rings. The largest absolute Gasteiger partial charge is 0.415 e. The van der Waals surface area contributed by atoms with E-state index in [0.717, 1.165) is 0 Å². The first-order valence-corrected chi connectivity index (χ1v) is 7.43. The zero-order valence-corrected chi connectivity index (χ0v) is 10.8. The van der Waals surface area contributed by atoms with Gasteiger partial charge in [-0.25, -0.2) is 0 Å². The molecule has 0 saturated carbocycles. The van der Waals surface area contributed by atoms with Crippen LogP contribution in [0.25, 0.3) is 0 Å². The number of rotatable bonds is 2. The van der Waals surface area contributed by atoms with E-state index >= 15 is 0 Å². The summed E-state index contributed by atoms with van der Waals surface area (Å²) in [5.74, 6) is 0. The van der Waals surface area contributed by atoms with Crippen molar-refractivity contribution in [3.05, 3.63) is 30.3 Å². The lowest BCUT2D eigenvalue weighted by Gasteiger charge is -2.38. The summed E-state index contributed by atoms with van der Waals surface area (Å²) in [6.07, 6.45) is 0. The van der Waals surface area contributed by atoms with E-state index in [9.17, 15) is 0 Å². The molecule has 1 atom stereocenters. The monoisotopic (exact) mass is 208 g/mol. The van der Waals surface area contributed by atoms with E-state index in [1.54, 1.807) is 0 Å². The molecule has 0 heterocycles. The van der Waals surface area contributed by atoms with Gasteiger partial charge in [-0.1, -0.05) is 51.1 Å². The summed E-state index contributed by atoms with van der Waals surface area (Å²) in [5.41, 5.74) is 0. The van der Waals surface area contributed by atoms with E-state index in [1.165, 1.54) is 5.19 Å². The van der Waals surface area contributed by atoms with E-state index in [1.807, 2.05) is 7.11 Å². The number of hydrogen-bond acceptors (Lipinski definition) is 1. The highest BCUT2D eigenvalue weighted by atomic mass is 28.4. The molecule has 0 N–H and O–H groups in total. The highest BCUT2D eigenvalue weighted by Gasteiger charge is 2.42. The molecule has 14 heavy (non-hydrogen) atoms. The predicted octanol–water partition coefficient (Wildman–Crippen LogP) is 2.92. The Morgan fingerprint density at radius 1 is 1.07 bits per heavy atom. The van der Waals surface area contributed by atoms with Crippen molar-refractivity contribution in [3.8, 4) is 0 Å². The first kappa shape index (κ1) is 11.5. The summed E-state index contributed by atoms with van der Waals surface area (Å²) < 4.78 is 5.83. The maximum atomic E-state index is 5.83. The quantitative estimate of drug-likeness (QED) is 0.679. The summed E-state index contributed by atoms with van der Waals surface area (Å²) >= 11 is 0. The van der Waals surface area contributed by atoms with Gasteiger partial charge in [0.1, 0.15) is 0 Å². The van der Waals surface area contributed by atoms with Crippen LogP contribution in [-0.2, 0) is 4.43 Å². The Labute approximate surface area is 88.2 Å². The van der Waals surface area contributed by atoms with Gasteiger partial charge in [-0.3, -0.25) is 0 Å². The highest BCUT2D eigenvalue weighted by Crippen LogP contribution is 2.35. The Kier molecular flexibility index (Phi) is 3.17. The SMILES string of the molecule is CO[Si@](C)(c1ccccc1)C(C)(C)C. The van der Waals surface area contributed by atoms with Crippen molar-refractivity contribution in [2.75, 3.05) is 7.11 Å². The van der Waals surface area contributed by atoms with Gasteiger partial charge in [0.05, 0.1) is 0 Å². The molecule has 0 radical (unpaired) electrons. The van der Waals surface area contributed by atoms with E-state index in [0.29, 0.717) is 0 Å². The minimum atomic E-state index is -1.80. The normalized spacial score (nSPS) is 16.4. The van der Waals surface area contributed by atoms with Crippen LogP contribution in [0, 0.1) is 0 Å². The maximum absolute atomic E-state index is 5.83. The Hall–Kier alpha value is -0.603. The maximum Gasteiger partial charge on any atom is 0.225 e. The van der Waals surface area contributed by atoms with Crippen LogP contribution in [0.15, 0.2) is 30.3 Å². The summed E-state index contributed by atoms with van der Waals surface area (Å²) in [6, 6.07) is 10.6. The molecule has 0 unspecified atom stereocenters. The van der Waals surface area contributed by atoms with E-state index in [-0.39, 0.29) is 5.04 Å². The summed E-state index contributed by atoms with van der Waals surface area (Å²) in [6.45, 7) is 9.06. The van der Waals surface area contributed by atoms with Gasteiger partial charge in [0.25, 0.3) is 0 Å². The lowest BCUT2D eigenvalue weighted by molar-refractivity contribution is 0.380. The molecule has 1 aromatic carbocycles. The lowest BCUT2D eigenvalue weighted by atomic mass is 10.2. The molecule has 1 aromatic rings. The average molecular weight is 208 g/mol. The summed E-state index contributed by atoms with van der Waals surface area (Å²) in [7, 11) is 0.0367. The molecule has 0 aliphatic carbocycles. The first-order chi connectivity index (χ1) is 6.42. The molecule has 0 aliphatic heterocycles. The van der Waals surface area contributed by atoms with Crippen LogP contribution in [0.4, 0.5) is 0 Å². The minimum Gasteiger partial charge on any atom is -0.415 e. The second-order valence-electron chi connectivity index (χ2n) is 4.85. The van der Waals surface area contributed by atoms with Crippen LogP contribution < -0.4 is 5.19 Å². The van der Waals surface area contributed by atoms with Crippen molar-refractivity contribution >= 4 is 13.5 Å². The molecule has 0 saturated heterocycles. The van der Waals surface area contributed by atoms with Gasteiger partial charge in [0.15, 0.2) is 0 Å². The third-order valence-corrected chi connectivity index (χ3v) is 8.28. The van der Waals surface area contributed by atoms with Crippen molar-refractivity contribution in [2.24, 2.45) is 0 Å². The summed E-state index contributed by atoms with van der Waals surface area (Å²) in [4.78, 5) is 0. The molecule has 0 amide bonds. The molecule has 0 spiro atoms. The standard InChI is InChI=1S/C12H20OSi/c1-12(2,3)14(5,13-4)11-9-7-6-8-10-11/h6-10H,1-5H3/t14-/m1/s1. The molecule has 0 aliphatic rings. The van der Waals surface area contributed by atoms with Crippen molar-refractivity contribution in [1.82, 2.24) is 0 Å². The minimum absolute atomic E-state index is 0.225. The summed E-state index contributed by atoms with van der Waals surface area (Å²) in [5, 5.41) is 1.60. The highest BCUT2D eigenvalue weighted by molar-refractivity contribution is 6.87. The smallest absolute Gasteiger partial charge is 0.225 e. The van der Waals surface area contributed by atoms with E-state index in [2.05, 4.69) is 57.7 Å². The molecule has 0 bridgehead atoms. The second kappa shape index (κ2) is 3.87. The van der Waals surface area contributed by atoms with Crippen molar-refractivity contribution in [1.29, 1.82) is 0 Å². The fourth-order valence-electron chi connectivity index (χ4n) is 1.61. The van der Waals surface area contributed by atoms with Crippen LogP contribution >= 0.6 is 0 Å². The van der Waals surface area contributed by atoms with Crippen LogP contribution in [-0.4, -0.2) is 15.4 Å². The van der Waals surface area contributed by atoms with Crippen LogP contribution in [0.2, 0.25) is 11.6 Å². The van der Waals surface area contributed by atoms with Gasteiger partial charge in [-0.2, -0.15) is 0 Å². The Morgan fingerprint density at radius 3 is 1.93 bits per heavy atom. The van der Waals surface area contributed by atoms with Gasteiger partial charge in [0, 0.05) is 7.11 Å². The fourth-order valence-corrected chi connectivity index (χ4v) is 4.16. The van der Waals surface area contributed by atoms with Gasteiger partial charge in [-0.15, -0.1) is 0 Å². The Balaban J connectivity index is 3.15. The average Bonchev–Trinajstić information content (AvgIpc) is 2.16. The molecular formula is C12H20OSi. The van der Waals surface area contributed by atoms with Gasteiger partial charge >= 0.3 is 0 Å². The number of hydrogen-bond donors (Lipinski definition) is 0. The molecule has 2 heteroatoms. The third-order valence-electron chi connectivity index (χ3n) is 3.16. The Morgan fingerprint density at radius 2 is 1.57 bits per heavy atom. The number of benzene rings is 1.